The van der Waals surface area contributed by atoms with Crippen molar-refractivity contribution in [2.45, 2.75) is 134 Å². The summed E-state index contributed by atoms with van der Waals surface area (Å²) >= 11 is 0. The van der Waals surface area contributed by atoms with Crippen LogP contribution in [0.3, 0.4) is 0 Å². The number of ether oxygens (including phenoxy) is 1. The zero-order chi connectivity index (χ0) is 29.6. The van der Waals surface area contributed by atoms with Crippen molar-refractivity contribution in [2.24, 2.45) is 0 Å². The average molecular weight is 571 g/mol. The zero-order valence-corrected chi connectivity index (χ0v) is 26.5. The Balaban J connectivity index is 1.33. The van der Waals surface area contributed by atoms with Crippen LogP contribution in [0.15, 0.2) is 91.0 Å². The molecule has 0 bridgehead atoms. The maximum Gasteiger partial charge on any atom is 0.143 e. The maximum absolute atomic E-state index is 11.0. The van der Waals surface area contributed by atoms with E-state index in [1.165, 1.54) is 103 Å². The molecule has 1 N–H and O–H groups in total. The van der Waals surface area contributed by atoms with Crippen molar-refractivity contribution in [3.63, 3.8) is 0 Å². The Labute approximate surface area is 257 Å². The van der Waals surface area contributed by atoms with Gasteiger partial charge in [0.15, 0.2) is 0 Å². The molecule has 1 atom stereocenters. The monoisotopic (exact) mass is 570 g/mol. The fourth-order valence-corrected chi connectivity index (χ4v) is 6.18. The van der Waals surface area contributed by atoms with Crippen molar-refractivity contribution < 1.29 is 9.84 Å². The first kappa shape index (κ1) is 34.1. The molecule has 2 nitrogen and oxygen atoms in total. The van der Waals surface area contributed by atoms with Crippen molar-refractivity contribution in [3.05, 3.63) is 108 Å². The second-order valence-corrected chi connectivity index (χ2v) is 12.2. The van der Waals surface area contributed by atoms with E-state index in [-0.39, 0.29) is 0 Å². The average Bonchev–Trinajstić information content (AvgIpc) is 3.04. The molecule has 0 amide bonds. The number of hydrogen-bond acceptors (Lipinski definition) is 2. The van der Waals surface area contributed by atoms with Gasteiger partial charge in [-0.05, 0) is 23.1 Å². The number of aliphatic hydroxyl groups excluding tert-OH is 1. The number of rotatable bonds is 24. The molecule has 0 saturated carbocycles. The molecule has 0 fully saturated rings. The lowest BCUT2D eigenvalue weighted by Crippen LogP contribution is -2.35. The third-order valence-corrected chi connectivity index (χ3v) is 8.67. The minimum Gasteiger partial charge on any atom is -0.391 e. The molecule has 0 spiro atoms. The molecule has 3 rings (SSSR count). The summed E-state index contributed by atoms with van der Waals surface area (Å²) in [6, 6.07) is 31.3. The lowest BCUT2D eigenvalue weighted by atomic mass is 9.80. The Morgan fingerprint density at radius 2 is 0.786 bits per heavy atom. The summed E-state index contributed by atoms with van der Waals surface area (Å²) < 4.78 is 6.78. The second kappa shape index (κ2) is 21.3. The SMILES string of the molecule is CCCCCCCCCCCCCCCCCCC[C@H](O)COC(c1ccccc1)(c1ccccc1)c1ccccc1. The van der Waals surface area contributed by atoms with Crippen LogP contribution in [0, 0.1) is 0 Å². The predicted octanol–water partition coefficient (Wildman–Crippen LogP) is 11.4. The first-order chi connectivity index (χ1) is 20.8. The van der Waals surface area contributed by atoms with Gasteiger partial charge in [-0.25, -0.2) is 0 Å². The lowest BCUT2D eigenvalue weighted by molar-refractivity contribution is -0.0405. The van der Waals surface area contributed by atoms with Crippen LogP contribution in [-0.4, -0.2) is 17.8 Å². The Morgan fingerprint density at radius 3 is 1.12 bits per heavy atom. The van der Waals surface area contributed by atoms with Crippen LogP contribution < -0.4 is 0 Å². The van der Waals surface area contributed by atoms with Gasteiger partial charge in [0, 0.05) is 0 Å². The predicted molar refractivity (Wildman–Crippen MR) is 180 cm³/mol. The fraction of sp³-hybridized carbons (Fsp3) is 0.550. The van der Waals surface area contributed by atoms with Crippen molar-refractivity contribution in [2.75, 3.05) is 6.61 Å². The van der Waals surface area contributed by atoms with Gasteiger partial charge in [0.2, 0.25) is 0 Å². The van der Waals surface area contributed by atoms with E-state index in [2.05, 4.69) is 79.7 Å². The molecule has 0 aliphatic heterocycles. The summed E-state index contributed by atoms with van der Waals surface area (Å²) in [7, 11) is 0. The molecule has 230 valence electrons. The molecule has 3 aromatic carbocycles. The molecule has 0 heterocycles. The van der Waals surface area contributed by atoms with E-state index in [0.717, 1.165) is 29.5 Å². The van der Waals surface area contributed by atoms with Crippen LogP contribution in [-0.2, 0) is 10.3 Å². The van der Waals surface area contributed by atoms with E-state index < -0.39 is 11.7 Å². The smallest absolute Gasteiger partial charge is 0.143 e. The third kappa shape index (κ3) is 12.1. The number of hydrogen-bond donors (Lipinski definition) is 1. The van der Waals surface area contributed by atoms with Gasteiger partial charge in [0.25, 0.3) is 0 Å². The fourth-order valence-electron chi connectivity index (χ4n) is 6.18. The molecule has 0 saturated heterocycles. The van der Waals surface area contributed by atoms with Crippen molar-refractivity contribution in [1.82, 2.24) is 0 Å². The number of aliphatic hydroxyl groups is 1. The van der Waals surface area contributed by atoms with Gasteiger partial charge in [-0.15, -0.1) is 0 Å². The first-order valence-electron chi connectivity index (χ1n) is 17.3. The Kier molecular flexibility index (Phi) is 17.3. The molecule has 0 aliphatic carbocycles. The van der Waals surface area contributed by atoms with E-state index in [1.807, 2.05) is 18.2 Å². The third-order valence-electron chi connectivity index (χ3n) is 8.67. The van der Waals surface area contributed by atoms with Crippen LogP contribution in [0.5, 0.6) is 0 Å². The van der Waals surface area contributed by atoms with Crippen LogP contribution in [0.1, 0.15) is 139 Å². The van der Waals surface area contributed by atoms with Crippen LogP contribution in [0.25, 0.3) is 0 Å². The number of benzene rings is 3. The Hall–Kier alpha value is -2.42. The van der Waals surface area contributed by atoms with Gasteiger partial charge in [-0.2, -0.15) is 0 Å². The standard InChI is InChI=1S/C40H58O2/c1-2-3-4-5-6-7-8-9-10-11-12-13-14-15-16-17-27-34-39(41)35-42-40(36-28-21-18-22-29-36,37-30-23-19-24-31-37)38-32-25-20-26-33-38/h18-26,28-33,39,41H,2-17,27,34-35H2,1H3/t39-/m0/s1. The minimum absolute atomic E-state index is 0.303. The summed E-state index contributed by atoms with van der Waals surface area (Å²) in [6.45, 7) is 2.59. The molecule has 3 aromatic rings. The lowest BCUT2D eigenvalue weighted by Gasteiger charge is -2.36. The Morgan fingerprint density at radius 1 is 0.476 bits per heavy atom. The molecule has 0 aromatic heterocycles. The minimum atomic E-state index is -0.765. The molecule has 0 unspecified atom stereocenters. The first-order valence-corrected chi connectivity index (χ1v) is 17.3. The summed E-state index contributed by atoms with van der Waals surface area (Å²) in [4.78, 5) is 0. The van der Waals surface area contributed by atoms with Crippen LogP contribution >= 0.6 is 0 Å². The maximum atomic E-state index is 11.0. The largest absolute Gasteiger partial charge is 0.391 e. The Bertz CT molecular complexity index is 921. The highest BCUT2D eigenvalue weighted by Gasteiger charge is 2.37. The van der Waals surface area contributed by atoms with Crippen molar-refractivity contribution >= 4 is 0 Å². The quantitative estimate of drug-likeness (QED) is 0.0857. The highest BCUT2D eigenvalue weighted by Crippen LogP contribution is 2.40. The zero-order valence-electron chi connectivity index (χ0n) is 26.5. The highest BCUT2D eigenvalue weighted by atomic mass is 16.5. The number of unbranched alkanes of at least 4 members (excludes halogenated alkanes) is 16. The topological polar surface area (TPSA) is 29.5 Å². The van der Waals surface area contributed by atoms with Gasteiger partial charge in [0.1, 0.15) is 5.60 Å². The molecule has 42 heavy (non-hydrogen) atoms. The van der Waals surface area contributed by atoms with E-state index >= 15 is 0 Å². The molecular formula is C40H58O2. The van der Waals surface area contributed by atoms with Gasteiger partial charge < -0.3 is 9.84 Å². The van der Waals surface area contributed by atoms with Crippen molar-refractivity contribution in [3.8, 4) is 0 Å². The summed E-state index contributed by atoms with van der Waals surface area (Å²) in [6.07, 6.45) is 23.5. The molecular weight excluding hydrogens is 512 g/mol. The van der Waals surface area contributed by atoms with Crippen molar-refractivity contribution in [1.29, 1.82) is 0 Å². The second-order valence-electron chi connectivity index (χ2n) is 12.2. The van der Waals surface area contributed by atoms with Gasteiger partial charge in [-0.3, -0.25) is 0 Å². The summed E-state index contributed by atoms with van der Waals surface area (Å²) in [5.74, 6) is 0. The van der Waals surface area contributed by atoms with E-state index in [1.54, 1.807) is 0 Å². The normalized spacial score (nSPS) is 12.4. The molecule has 2 heteroatoms. The van der Waals surface area contributed by atoms with E-state index in [0.29, 0.717) is 6.61 Å². The summed E-state index contributed by atoms with van der Waals surface area (Å²) in [5.41, 5.74) is 2.46. The molecule has 0 aliphatic rings. The highest BCUT2D eigenvalue weighted by molar-refractivity contribution is 5.47. The molecule has 0 radical (unpaired) electrons. The van der Waals surface area contributed by atoms with E-state index in [4.69, 9.17) is 4.74 Å². The van der Waals surface area contributed by atoms with Crippen LogP contribution in [0.2, 0.25) is 0 Å². The van der Waals surface area contributed by atoms with Gasteiger partial charge in [0.05, 0.1) is 12.7 Å². The van der Waals surface area contributed by atoms with E-state index in [9.17, 15) is 5.11 Å². The van der Waals surface area contributed by atoms with Crippen LogP contribution in [0.4, 0.5) is 0 Å². The van der Waals surface area contributed by atoms with Gasteiger partial charge in [-0.1, -0.05) is 207 Å². The van der Waals surface area contributed by atoms with Gasteiger partial charge >= 0.3 is 0 Å². The summed E-state index contributed by atoms with van der Waals surface area (Å²) in [5, 5.41) is 11.0.